The number of likely N-dealkylation sites (N-methyl/N-ethyl adjacent to an activating group) is 1. The predicted octanol–water partition coefficient (Wildman–Crippen LogP) is 3.96. The van der Waals surface area contributed by atoms with E-state index in [0.717, 1.165) is 66.8 Å². The number of pyridine rings is 2. The molecule has 0 bridgehead atoms. The third kappa shape index (κ3) is 7.09. The maximum atomic E-state index is 13.6. The highest BCUT2D eigenvalue weighted by Crippen LogP contribution is 2.22. The summed E-state index contributed by atoms with van der Waals surface area (Å²) in [5.41, 5.74) is 4.92. The topological polar surface area (TPSA) is 91.2 Å². The lowest BCUT2D eigenvalue weighted by molar-refractivity contribution is 0.264. The molecule has 4 heterocycles. The Morgan fingerprint density at radius 2 is 1.80 bits per heavy atom. The lowest BCUT2D eigenvalue weighted by Crippen LogP contribution is -2.36. The van der Waals surface area contributed by atoms with E-state index in [-0.39, 0.29) is 5.56 Å². The fraction of sp³-hybridized carbons (Fsp3) is 0.375. The van der Waals surface area contributed by atoms with Crippen molar-refractivity contribution in [2.24, 2.45) is 0 Å². The van der Waals surface area contributed by atoms with Crippen molar-refractivity contribution in [3.05, 3.63) is 82.0 Å². The SMILES string of the molecule is CC#Cc1cc2cnc(Nc3ccc(NC4CCN(C)CC4)cc3)nc2n(Cc2cnccc2CCN(C)C)c1=O. The molecule has 1 fully saturated rings. The molecule has 212 valence electrons. The van der Waals surface area contributed by atoms with Crippen LogP contribution in [0.1, 0.15) is 36.5 Å². The quantitative estimate of drug-likeness (QED) is 0.303. The van der Waals surface area contributed by atoms with Crippen molar-refractivity contribution in [1.82, 2.24) is 29.3 Å². The number of nitrogens with one attached hydrogen (secondary N) is 2. The molecule has 9 heteroatoms. The second-order valence-corrected chi connectivity index (χ2v) is 10.9. The molecule has 3 aromatic heterocycles. The number of anilines is 3. The van der Waals surface area contributed by atoms with E-state index in [0.29, 0.717) is 29.7 Å². The van der Waals surface area contributed by atoms with Crippen molar-refractivity contribution in [1.29, 1.82) is 0 Å². The fourth-order valence-electron chi connectivity index (χ4n) is 5.11. The molecule has 1 aliphatic heterocycles. The maximum absolute atomic E-state index is 13.6. The van der Waals surface area contributed by atoms with Gasteiger partial charge in [-0.25, -0.2) is 4.98 Å². The van der Waals surface area contributed by atoms with Crippen molar-refractivity contribution in [2.45, 2.75) is 38.8 Å². The number of hydrogen-bond acceptors (Lipinski definition) is 8. The standard InChI is InChI=1S/C32H38N8O/c1-5-6-24-19-25-21-34-32(36-28-9-7-27(8-10-28)35-29-13-17-39(4)18-14-29)37-30(25)40(31(24)41)22-26-20-33-15-11-23(26)12-16-38(2)3/h7-11,15,19-21,29,35H,12-14,16-18,22H2,1-4H3,(H,34,36,37). The predicted molar refractivity (Wildman–Crippen MR) is 166 cm³/mol. The molecule has 0 radical (unpaired) electrons. The number of benzene rings is 1. The normalized spacial score (nSPS) is 14.2. The summed E-state index contributed by atoms with van der Waals surface area (Å²) in [6, 6.07) is 12.5. The second-order valence-electron chi connectivity index (χ2n) is 10.9. The van der Waals surface area contributed by atoms with Gasteiger partial charge in [-0.3, -0.25) is 14.3 Å². The minimum absolute atomic E-state index is 0.178. The lowest BCUT2D eigenvalue weighted by Gasteiger charge is -2.30. The number of nitrogens with zero attached hydrogens (tertiary/aromatic N) is 6. The van der Waals surface area contributed by atoms with Crippen LogP contribution < -0.4 is 16.2 Å². The van der Waals surface area contributed by atoms with E-state index >= 15 is 0 Å². The van der Waals surface area contributed by atoms with Crippen molar-refractivity contribution in [3.63, 3.8) is 0 Å². The highest BCUT2D eigenvalue weighted by atomic mass is 16.1. The number of likely N-dealkylation sites (tertiary alicyclic amines) is 1. The minimum atomic E-state index is -0.178. The van der Waals surface area contributed by atoms with Gasteiger partial charge in [0.05, 0.1) is 12.1 Å². The maximum Gasteiger partial charge on any atom is 0.268 e. The molecule has 1 aromatic carbocycles. The summed E-state index contributed by atoms with van der Waals surface area (Å²) < 4.78 is 1.69. The Balaban J connectivity index is 1.42. The van der Waals surface area contributed by atoms with E-state index in [1.165, 1.54) is 0 Å². The van der Waals surface area contributed by atoms with Gasteiger partial charge >= 0.3 is 0 Å². The van der Waals surface area contributed by atoms with Crippen LogP contribution in [0.4, 0.5) is 17.3 Å². The molecule has 1 saturated heterocycles. The van der Waals surface area contributed by atoms with Crippen LogP contribution in [-0.4, -0.2) is 76.1 Å². The van der Waals surface area contributed by atoms with Crippen LogP contribution in [0.5, 0.6) is 0 Å². The zero-order valence-electron chi connectivity index (χ0n) is 24.3. The number of aromatic nitrogens is 4. The van der Waals surface area contributed by atoms with Crippen LogP contribution in [0.15, 0.2) is 59.8 Å². The van der Waals surface area contributed by atoms with Gasteiger partial charge in [0, 0.05) is 47.9 Å². The Morgan fingerprint density at radius 1 is 1.05 bits per heavy atom. The molecule has 0 saturated carbocycles. The first kappa shape index (κ1) is 28.3. The lowest BCUT2D eigenvalue weighted by atomic mass is 10.1. The molecule has 0 unspecified atom stereocenters. The molecular weight excluding hydrogens is 512 g/mol. The monoisotopic (exact) mass is 550 g/mol. The Kier molecular flexibility index (Phi) is 8.92. The fourth-order valence-corrected chi connectivity index (χ4v) is 5.11. The van der Waals surface area contributed by atoms with Crippen molar-refractivity contribution in [2.75, 3.05) is 51.4 Å². The van der Waals surface area contributed by atoms with Crippen LogP contribution >= 0.6 is 0 Å². The summed E-state index contributed by atoms with van der Waals surface area (Å²) in [6.07, 6.45) is 8.52. The van der Waals surface area contributed by atoms with E-state index in [1.807, 2.05) is 24.4 Å². The summed E-state index contributed by atoms with van der Waals surface area (Å²) in [5, 5.41) is 7.71. The van der Waals surface area contributed by atoms with E-state index in [1.54, 1.807) is 30.0 Å². The van der Waals surface area contributed by atoms with Gasteiger partial charge in [-0.2, -0.15) is 4.98 Å². The van der Waals surface area contributed by atoms with Gasteiger partial charge in [0.15, 0.2) is 0 Å². The summed E-state index contributed by atoms with van der Waals surface area (Å²) in [6.45, 7) is 5.21. The molecule has 1 aliphatic rings. The average molecular weight is 551 g/mol. The summed E-state index contributed by atoms with van der Waals surface area (Å²) >= 11 is 0. The summed E-state index contributed by atoms with van der Waals surface area (Å²) in [4.78, 5) is 31.8. The third-order valence-corrected chi connectivity index (χ3v) is 7.48. The van der Waals surface area contributed by atoms with Gasteiger partial charge in [0.1, 0.15) is 5.65 Å². The second kappa shape index (κ2) is 12.9. The van der Waals surface area contributed by atoms with Crippen LogP contribution in [0.3, 0.4) is 0 Å². The molecule has 0 aliphatic carbocycles. The summed E-state index contributed by atoms with van der Waals surface area (Å²) in [5.74, 6) is 6.24. The number of piperidine rings is 1. The first-order valence-corrected chi connectivity index (χ1v) is 14.1. The zero-order chi connectivity index (χ0) is 28.8. The van der Waals surface area contributed by atoms with Crippen LogP contribution in [0.25, 0.3) is 11.0 Å². The van der Waals surface area contributed by atoms with Crippen LogP contribution in [-0.2, 0) is 13.0 Å². The number of hydrogen-bond donors (Lipinski definition) is 2. The average Bonchev–Trinajstić information content (AvgIpc) is 2.97. The zero-order valence-corrected chi connectivity index (χ0v) is 24.3. The molecule has 0 atom stereocenters. The van der Waals surface area contributed by atoms with Gasteiger partial charge in [-0.1, -0.05) is 5.92 Å². The Hall–Kier alpha value is -4.26. The van der Waals surface area contributed by atoms with Crippen molar-refractivity contribution in [3.8, 4) is 11.8 Å². The first-order chi connectivity index (χ1) is 19.9. The minimum Gasteiger partial charge on any atom is -0.382 e. The van der Waals surface area contributed by atoms with E-state index in [2.05, 4.69) is 75.5 Å². The number of rotatable bonds is 9. The van der Waals surface area contributed by atoms with Crippen LogP contribution in [0, 0.1) is 11.8 Å². The summed E-state index contributed by atoms with van der Waals surface area (Å²) in [7, 11) is 6.28. The molecule has 2 N–H and O–H groups in total. The van der Waals surface area contributed by atoms with Gasteiger partial charge in [0.25, 0.3) is 5.56 Å². The Bertz CT molecular complexity index is 1610. The number of fused-ring (bicyclic) bond motifs is 1. The van der Waals surface area contributed by atoms with Gasteiger partial charge in [0.2, 0.25) is 5.95 Å². The van der Waals surface area contributed by atoms with E-state index in [9.17, 15) is 4.79 Å². The highest BCUT2D eigenvalue weighted by molar-refractivity contribution is 5.77. The largest absolute Gasteiger partial charge is 0.382 e. The molecule has 4 aromatic rings. The van der Waals surface area contributed by atoms with Gasteiger partial charge in [-0.15, -0.1) is 5.92 Å². The molecule has 0 spiro atoms. The van der Waals surface area contributed by atoms with Gasteiger partial charge in [-0.05, 0) is 108 Å². The van der Waals surface area contributed by atoms with E-state index < -0.39 is 0 Å². The molecule has 41 heavy (non-hydrogen) atoms. The van der Waals surface area contributed by atoms with Gasteiger partial charge < -0.3 is 20.4 Å². The third-order valence-electron chi connectivity index (χ3n) is 7.48. The first-order valence-electron chi connectivity index (χ1n) is 14.1. The smallest absolute Gasteiger partial charge is 0.268 e. The van der Waals surface area contributed by atoms with E-state index in [4.69, 9.17) is 4.98 Å². The van der Waals surface area contributed by atoms with Crippen molar-refractivity contribution < 1.29 is 0 Å². The van der Waals surface area contributed by atoms with Crippen molar-refractivity contribution >= 4 is 28.4 Å². The van der Waals surface area contributed by atoms with Crippen LogP contribution in [0.2, 0.25) is 0 Å². The molecule has 9 nitrogen and oxygen atoms in total. The Labute approximate surface area is 241 Å². The highest BCUT2D eigenvalue weighted by Gasteiger charge is 2.17. The molecular formula is C32H38N8O. The molecule has 5 rings (SSSR count). The molecule has 0 amide bonds. The Morgan fingerprint density at radius 3 is 2.54 bits per heavy atom.